The Labute approximate surface area is 93.6 Å². The minimum Gasteiger partial charge on any atom is -0.506 e. The molecule has 0 aliphatic rings. The fraction of sp³-hybridized carbons (Fsp3) is 0.167. The van der Waals surface area contributed by atoms with Crippen molar-refractivity contribution in [3.05, 3.63) is 36.8 Å². The molecule has 0 atom stereocenters. The van der Waals surface area contributed by atoms with Crippen LogP contribution in [0.5, 0.6) is 11.5 Å². The SMILES string of the molecule is CCOc1cncc(-c2ccc(O)cn2)c1. The zero-order chi connectivity index (χ0) is 11.4. The molecule has 0 fully saturated rings. The molecule has 2 aromatic rings. The molecule has 4 nitrogen and oxygen atoms in total. The van der Waals surface area contributed by atoms with E-state index in [1.54, 1.807) is 24.5 Å². The molecule has 0 spiro atoms. The molecule has 0 saturated carbocycles. The van der Waals surface area contributed by atoms with E-state index in [9.17, 15) is 0 Å². The highest BCUT2D eigenvalue weighted by molar-refractivity contribution is 5.59. The van der Waals surface area contributed by atoms with E-state index in [0.29, 0.717) is 6.61 Å². The van der Waals surface area contributed by atoms with E-state index in [-0.39, 0.29) is 5.75 Å². The molecule has 0 radical (unpaired) electrons. The lowest BCUT2D eigenvalue weighted by molar-refractivity contribution is 0.339. The summed E-state index contributed by atoms with van der Waals surface area (Å²) in [4.78, 5) is 8.18. The third-order valence-electron chi connectivity index (χ3n) is 2.07. The fourth-order valence-electron chi connectivity index (χ4n) is 1.36. The molecule has 16 heavy (non-hydrogen) atoms. The Balaban J connectivity index is 2.32. The normalized spacial score (nSPS) is 10.1. The lowest BCUT2D eigenvalue weighted by atomic mass is 10.2. The number of aromatic nitrogens is 2. The van der Waals surface area contributed by atoms with Gasteiger partial charge in [0.25, 0.3) is 0 Å². The van der Waals surface area contributed by atoms with Crippen molar-refractivity contribution in [3.8, 4) is 22.8 Å². The van der Waals surface area contributed by atoms with Gasteiger partial charge in [0.15, 0.2) is 0 Å². The van der Waals surface area contributed by atoms with Gasteiger partial charge in [0.1, 0.15) is 11.5 Å². The van der Waals surface area contributed by atoms with Crippen molar-refractivity contribution in [1.82, 2.24) is 9.97 Å². The first-order chi connectivity index (χ1) is 7.79. The maximum absolute atomic E-state index is 9.14. The molecule has 4 heteroatoms. The Morgan fingerprint density at radius 1 is 1.25 bits per heavy atom. The highest BCUT2D eigenvalue weighted by Crippen LogP contribution is 2.21. The Morgan fingerprint density at radius 3 is 2.81 bits per heavy atom. The Kier molecular flexibility index (Phi) is 3.00. The molecule has 2 heterocycles. The van der Waals surface area contributed by atoms with Gasteiger partial charge in [0.05, 0.1) is 24.7 Å². The fourth-order valence-corrected chi connectivity index (χ4v) is 1.36. The number of nitrogens with zero attached hydrogens (tertiary/aromatic N) is 2. The van der Waals surface area contributed by atoms with Gasteiger partial charge in [0, 0.05) is 11.8 Å². The van der Waals surface area contributed by atoms with Crippen LogP contribution < -0.4 is 4.74 Å². The quantitative estimate of drug-likeness (QED) is 0.854. The van der Waals surface area contributed by atoms with Crippen LogP contribution in [0, 0.1) is 0 Å². The zero-order valence-electron chi connectivity index (χ0n) is 8.92. The number of rotatable bonds is 3. The summed E-state index contributed by atoms with van der Waals surface area (Å²) in [5.74, 6) is 0.868. The standard InChI is InChI=1S/C12H12N2O2/c1-2-16-11-5-9(6-13-8-11)12-4-3-10(15)7-14-12/h3-8,15H,2H2,1H3. The van der Waals surface area contributed by atoms with Crippen LogP contribution in [-0.4, -0.2) is 21.7 Å². The van der Waals surface area contributed by atoms with Crippen LogP contribution in [-0.2, 0) is 0 Å². The summed E-state index contributed by atoms with van der Waals surface area (Å²) in [6.45, 7) is 2.53. The molecule has 2 aromatic heterocycles. The predicted molar refractivity (Wildman–Crippen MR) is 60.3 cm³/mol. The Bertz CT molecular complexity index is 469. The van der Waals surface area contributed by atoms with Gasteiger partial charge in [-0.3, -0.25) is 9.97 Å². The van der Waals surface area contributed by atoms with Gasteiger partial charge in [-0.2, -0.15) is 0 Å². The summed E-state index contributed by atoms with van der Waals surface area (Å²) in [7, 11) is 0. The van der Waals surface area contributed by atoms with Gasteiger partial charge >= 0.3 is 0 Å². The van der Waals surface area contributed by atoms with E-state index in [2.05, 4.69) is 9.97 Å². The van der Waals surface area contributed by atoms with Gasteiger partial charge < -0.3 is 9.84 Å². The molecule has 0 aliphatic heterocycles. The number of aromatic hydroxyl groups is 1. The molecule has 0 saturated heterocycles. The third kappa shape index (κ3) is 2.28. The molecule has 0 aliphatic carbocycles. The molecular formula is C12H12N2O2. The molecule has 2 rings (SSSR count). The van der Waals surface area contributed by atoms with Crippen LogP contribution in [0.1, 0.15) is 6.92 Å². The molecule has 82 valence electrons. The van der Waals surface area contributed by atoms with Crippen molar-refractivity contribution in [3.63, 3.8) is 0 Å². The van der Waals surface area contributed by atoms with Crippen LogP contribution in [0.2, 0.25) is 0 Å². The van der Waals surface area contributed by atoms with E-state index >= 15 is 0 Å². The van der Waals surface area contributed by atoms with Crippen LogP contribution in [0.3, 0.4) is 0 Å². The maximum atomic E-state index is 9.14. The highest BCUT2D eigenvalue weighted by atomic mass is 16.5. The largest absolute Gasteiger partial charge is 0.506 e. The van der Waals surface area contributed by atoms with Gasteiger partial charge in [-0.05, 0) is 25.1 Å². The summed E-state index contributed by atoms with van der Waals surface area (Å²) in [6, 6.07) is 5.20. The second-order valence-electron chi connectivity index (χ2n) is 3.24. The lowest BCUT2D eigenvalue weighted by Gasteiger charge is -2.04. The maximum Gasteiger partial charge on any atom is 0.138 e. The first-order valence-electron chi connectivity index (χ1n) is 5.03. The second-order valence-corrected chi connectivity index (χ2v) is 3.24. The van der Waals surface area contributed by atoms with E-state index in [1.807, 2.05) is 13.0 Å². The minimum absolute atomic E-state index is 0.151. The van der Waals surface area contributed by atoms with E-state index < -0.39 is 0 Å². The number of pyridine rings is 2. The average Bonchev–Trinajstić information content (AvgIpc) is 2.31. The topological polar surface area (TPSA) is 55.2 Å². The third-order valence-corrected chi connectivity index (χ3v) is 2.07. The van der Waals surface area contributed by atoms with Crippen molar-refractivity contribution in [2.75, 3.05) is 6.61 Å². The van der Waals surface area contributed by atoms with Crippen molar-refractivity contribution in [2.24, 2.45) is 0 Å². The second kappa shape index (κ2) is 4.61. The molecule has 0 aromatic carbocycles. The summed E-state index contributed by atoms with van der Waals surface area (Å²) >= 11 is 0. The Morgan fingerprint density at radius 2 is 2.12 bits per heavy atom. The first-order valence-corrected chi connectivity index (χ1v) is 5.03. The number of ether oxygens (including phenoxy) is 1. The summed E-state index contributed by atoms with van der Waals surface area (Å²) in [6.07, 6.45) is 4.78. The molecule has 1 N–H and O–H groups in total. The van der Waals surface area contributed by atoms with Gasteiger partial charge in [-0.15, -0.1) is 0 Å². The summed E-state index contributed by atoms with van der Waals surface area (Å²) in [5.41, 5.74) is 1.62. The van der Waals surface area contributed by atoms with Gasteiger partial charge in [-0.25, -0.2) is 0 Å². The minimum atomic E-state index is 0.151. The van der Waals surface area contributed by atoms with E-state index in [1.165, 1.54) is 6.20 Å². The first kappa shape index (κ1) is 10.4. The van der Waals surface area contributed by atoms with Crippen molar-refractivity contribution < 1.29 is 9.84 Å². The molecular weight excluding hydrogens is 204 g/mol. The molecule has 0 bridgehead atoms. The number of hydrogen-bond acceptors (Lipinski definition) is 4. The van der Waals surface area contributed by atoms with Gasteiger partial charge in [-0.1, -0.05) is 0 Å². The smallest absolute Gasteiger partial charge is 0.138 e. The van der Waals surface area contributed by atoms with Crippen LogP contribution in [0.15, 0.2) is 36.8 Å². The van der Waals surface area contributed by atoms with Gasteiger partial charge in [0.2, 0.25) is 0 Å². The van der Waals surface area contributed by atoms with E-state index in [4.69, 9.17) is 9.84 Å². The Hall–Kier alpha value is -2.10. The molecule has 0 unspecified atom stereocenters. The predicted octanol–water partition coefficient (Wildman–Crippen LogP) is 2.25. The average molecular weight is 216 g/mol. The lowest BCUT2D eigenvalue weighted by Crippen LogP contribution is -1.93. The number of hydrogen-bond donors (Lipinski definition) is 1. The van der Waals surface area contributed by atoms with Crippen molar-refractivity contribution in [2.45, 2.75) is 6.92 Å². The highest BCUT2D eigenvalue weighted by Gasteiger charge is 2.01. The monoisotopic (exact) mass is 216 g/mol. The van der Waals surface area contributed by atoms with Crippen molar-refractivity contribution in [1.29, 1.82) is 0 Å². The van der Waals surface area contributed by atoms with Crippen LogP contribution in [0.25, 0.3) is 11.3 Å². The van der Waals surface area contributed by atoms with Crippen LogP contribution >= 0.6 is 0 Å². The van der Waals surface area contributed by atoms with Crippen LogP contribution in [0.4, 0.5) is 0 Å². The van der Waals surface area contributed by atoms with Crippen molar-refractivity contribution >= 4 is 0 Å². The molecule has 0 amide bonds. The zero-order valence-corrected chi connectivity index (χ0v) is 8.92. The van der Waals surface area contributed by atoms with E-state index in [0.717, 1.165) is 17.0 Å². The summed E-state index contributed by atoms with van der Waals surface area (Å²) < 4.78 is 5.35. The summed E-state index contributed by atoms with van der Waals surface area (Å²) in [5, 5.41) is 9.14.